The summed E-state index contributed by atoms with van der Waals surface area (Å²) in [6.07, 6.45) is 1.86. The standard InChI is InChI=1S/C13H10N2.C6H6/c1-2-6-11(7-3-1)15-10-14-12-8-4-5-9-13(12)15;1-2-4-6-5-3-1/h1-10H;1-6H. The molecular weight excluding hydrogens is 256 g/mol. The summed E-state index contributed by atoms with van der Waals surface area (Å²) in [7, 11) is 0. The Morgan fingerprint density at radius 3 is 1.76 bits per heavy atom. The summed E-state index contributed by atoms with van der Waals surface area (Å²) in [6, 6.07) is 30.4. The average Bonchev–Trinajstić information content (AvgIpc) is 3.02. The summed E-state index contributed by atoms with van der Waals surface area (Å²) in [5.41, 5.74) is 3.32. The lowest BCUT2D eigenvalue weighted by atomic mass is 10.3. The van der Waals surface area contributed by atoms with Gasteiger partial charge in [0, 0.05) is 5.69 Å². The van der Waals surface area contributed by atoms with Crippen molar-refractivity contribution in [1.82, 2.24) is 9.55 Å². The minimum absolute atomic E-state index is 1.03. The molecule has 0 bridgehead atoms. The molecule has 1 heterocycles. The van der Waals surface area contributed by atoms with Crippen molar-refractivity contribution in [3.63, 3.8) is 0 Å². The van der Waals surface area contributed by atoms with Gasteiger partial charge in [-0.15, -0.1) is 0 Å². The van der Waals surface area contributed by atoms with E-state index in [9.17, 15) is 0 Å². The van der Waals surface area contributed by atoms with Gasteiger partial charge in [-0.1, -0.05) is 66.7 Å². The van der Waals surface area contributed by atoms with Gasteiger partial charge >= 0.3 is 0 Å². The maximum Gasteiger partial charge on any atom is 0.100 e. The van der Waals surface area contributed by atoms with Crippen LogP contribution in [-0.4, -0.2) is 9.55 Å². The van der Waals surface area contributed by atoms with Gasteiger partial charge in [0.25, 0.3) is 0 Å². The Bertz CT molecular complexity index is 763. The molecule has 3 aromatic carbocycles. The fourth-order valence-corrected chi connectivity index (χ4v) is 2.14. The van der Waals surface area contributed by atoms with E-state index in [0.717, 1.165) is 16.7 Å². The van der Waals surface area contributed by atoms with Gasteiger partial charge in [-0.2, -0.15) is 0 Å². The number of aromatic nitrogens is 2. The molecule has 0 amide bonds. The number of para-hydroxylation sites is 3. The van der Waals surface area contributed by atoms with Gasteiger partial charge in [0.05, 0.1) is 11.0 Å². The van der Waals surface area contributed by atoms with Crippen molar-refractivity contribution >= 4 is 11.0 Å². The van der Waals surface area contributed by atoms with Crippen molar-refractivity contribution in [3.8, 4) is 5.69 Å². The normalized spacial score (nSPS) is 9.90. The van der Waals surface area contributed by atoms with Gasteiger partial charge in [-0.25, -0.2) is 4.98 Å². The molecule has 0 spiro atoms. The lowest BCUT2D eigenvalue weighted by Crippen LogP contribution is -1.90. The van der Waals surface area contributed by atoms with E-state index in [1.807, 2.05) is 79.1 Å². The van der Waals surface area contributed by atoms with Crippen LogP contribution in [0, 0.1) is 0 Å². The summed E-state index contributed by atoms with van der Waals surface area (Å²) in [5.74, 6) is 0. The van der Waals surface area contributed by atoms with Crippen molar-refractivity contribution in [2.45, 2.75) is 0 Å². The van der Waals surface area contributed by atoms with E-state index in [-0.39, 0.29) is 0 Å². The number of rotatable bonds is 1. The second kappa shape index (κ2) is 6.53. The summed E-state index contributed by atoms with van der Waals surface area (Å²) in [5, 5.41) is 0. The number of hydrogen-bond acceptors (Lipinski definition) is 1. The van der Waals surface area contributed by atoms with E-state index in [0.29, 0.717) is 0 Å². The first kappa shape index (κ1) is 13.1. The van der Waals surface area contributed by atoms with Gasteiger partial charge in [-0.05, 0) is 24.3 Å². The van der Waals surface area contributed by atoms with Crippen LogP contribution in [0.5, 0.6) is 0 Å². The molecule has 0 fully saturated rings. The van der Waals surface area contributed by atoms with Crippen molar-refractivity contribution in [3.05, 3.63) is 97.3 Å². The summed E-state index contributed by atoms with van der Waals surface area (Å²) < 4.78 is 2.09. The minimum Gasteiger partial charge on any atom is -0.299 e. The first-order valence-electron chi connectivity index (χ1n) is 6.93. The molecule has 4 aromatic rings. The Morgan fingerprint density at radius 1 is 0.571 bits per heavy atom. The highest BCUT2D eigenvalue weighted by Crippen LogP contribution is 2.16. The van der Waals surface area contributed by atoms with Crippen LogP contribution in [-0.2, 0) is 0 Å². The zero-order valence-electron chi connectivity index (χ0n) is 11.6. The topological polar surface area (TPSA) is 17.8 Å². The van der Waals surface area contributed by atoms with Gasteiger partial charge in [0.2, 0.25) is 0 Å². The molecule has 0 saturated carbocycles. The predicted octanol–water partition coefficient (Wildman–Crippen LogP) is 4.71. The van der Waals surface area contributed by atoms with Crippen LogP contribution < -0.4 is 0 Å². The number of imidazole rings is 1. The van der Waals surface area contributed by atoms with Crippen LogP contribution in [0.2, 0.25) is 0 Å². The molecule has 2 nitrogen and oxygen atoms in total. The molecule has 102 valence electrons. The Balaban J connectivity index is 0.000000186. The molecule has 0 aliphatic heterocycles. The molecule has 1 aromatic heterocycles. The Labute approximate surface area is 124 Å². The first-order valence-corrected chi connectivity index (χ1v) is 6.93. The van der Waals surface area contributed by atoms with Crippen LogP contribution in [0.15, 0.2) is 97.3 Å². The molecule has 0 saturated heterocycles. The molecular formula is C19H16N2. The van der Waals surface area contributed by atoms with Crippen LogP contribution >= 0.6 is 0 Å². The average molecular weight is 272 g/mol. The second-order valence-corrected chi connectivity index (χ2v) is 4.59. The fraction of sp³-hybridized carbons (Fsp3) is 0. The maximum absolute atomic E-state index is 4.36. The summed E-state index contributed by atoms with van der Waals surface area (Å²) in [6.45, 7) is 0. The van der Waals surface area contributed by atoms with E-state index < -0.39 is 0 Å². The number of benzene rings is 3. The van der Waals surface area contributed by atoms with Crippen molar-refractivity contribution in [2.24, 2.45) is 0 Å². The largest absolute Gasteiger partial charge is 0.299 e. The molecule has 0 aliphatic carbocycles. The monoisotopic (exact) mass is 272 g/mol. The predicted molar refractivity (Wildman–Crippen MR) is 87.5 cm³/mol. The third kappa shape index (κ3) is 3.18. The van der Waals surface area contributed by atoms with E-state index in [1.165, 1.54) is 0 Å². The third-order valence-electron chi connectivity index (χ3n) is 3.15. The molecule has 0 unspecified atom stereocenters. The Kier molecular flexibility index (Phi) is 4.08. The fourth-order valence-electron chi connectivity index (χ4n) is 2.14. The molecule has 0 N–H and O–H groups in total. The van der Waals surface area contributed by atoms with E-state index >= 15 is 0 Å². The zero-order chi connectivity index (χ0) is 14.3. The molecule has 21 heavy (non-hydrogen) atoms. The lowest BCUT2D eigenvalue weighted by molar-refractivity contribution is 1.09. The Morgan fingerprint density at radius 2 is 1.10 bits per heavy atom. The van der Waals surface area contributed by atoms with Crippen LogP contribution in [0.25, 0.3) is 16.7 Å². The van der Waals surface area contributed by atoms with Crippen LogP contribution in [0.1, 0.15) is 0 Å². The molecule has 0 aliphatic rings. The second-order valence-electron chi connectivity index (χ2n) is 4.59. The van der Waals surface area contributed by atoms with Crippen molar-refractivity contribution < 1.29 is 0 Å². The highest BCUT2D eigenvalue weighted by atomic mass is 15.0. The summed E-state index contributed by atoms with van der Waals surface area (Å²) >= 11 is 0. The molecule has 0 radical (unpaired) electrons. The highest BCUT2D eigenvalue weighted by molar-refractivity contribution is 5.77. The van der Waals surface area contributed by atoms with Gasteiger partial charge in [0.1, 0.15) is 6.33 Å². The lowest BCUT2D eigenvalue weighted by Gasteiger charge is -2.02. The third-order valence-corrected chi connectivity index (χ3v) is 3.15. The Hall–Kier alpha value is -2.87. The minimum atomic E-state index is 1.03. The smallest absolute Gasteiger partial charge is 0.100 e. The van der Waals surface area contributed by atoms with E-state index in [2.05, 4.69) is 27.8 Å². The quantitative estimate of drug-likeness (QED) is 0.490. The zero-order valence-corrected chi connectivity index (χ0v) is 11.6. The van der Waals surface area contributed by atoms with E-state index in [4.69, 9.17) is 0 Å². The van der Waals surface area contributed by atoms with Gasteiger partial charge in [-0.3, -0.25) is 4.57 Å². The highest BCUT2D eigenvalue weighted by Gasteiger charge is 2.01. The first-order chi connectivity index (χ1) is 10.4. The van der Waals surface area contributed by atoms with Crippen LogP contribution in [0.4, 0.5) is 0 Å². The number of hydrogen-bond donors (Lipinski definition) is 0. The van der Waals surface area contributed by atoms with Crippen LogP contribution in [0.3, 0.4) is 0 Å². The van der Waals surface area contributed by atoms with Crippen molar-refractivity contribution in [1.29, 1.82) is 0 Å². The maximum atomic E-state index is 4.36. The van der Waals surface area contributed by atoms with Crippen molar-refractivity contribution in [2.75, 3.05) is 0 Å². The van der Waals surface area contributed by atoms with Gasteiger partial charge in [0.15, 0.2) is 0 Å². The van der Waals surface area contributed by atoms with Gasteiger partial charge < -0.3 is 0 Å². The number of nitrogens with zero attached hydrogens (tertiary/aromatic N) is 2. The summed E-state index contributed by atoms with van der Waals surface area (Å²) in [4.78, 5) is 4.36. The molecule has 2 heteroatoms. The number of fused-ring (bicyclic) bond motifs is 1. The molecule has 0 atom stereocenters. The molecule has 4 rings (SSSR count). The SMILES string of the molecule is c1ccc(-n2cnc3ccccc32)cc1.c1ccccc1. The van der Waals surface area contributed by atoms with E-state index in [1.54, 1.807) is 0 Å².